The van der Waals surface area contributed by atoms with Gasteiger partial charge in [-0.1, -0.05) is 6.07 Å². The van der Waals surface area contributed by atoms with E-state index in [9.17, 15) is 13.6 Å². The molecule has 98 valence electrons. The van der Waals surface area contributed by atoms with Gasteiger partial charge in [-0.3, -0.25) is 4.79 Å². The molecule has 18 heavy (non-hydrogen) atoms. The van der Waals surface area contributed by atoms with Crippen LogP contribution in [0.2, 0.25) is 0 Å². The van der Waals surface area contributed by atoms with Crippen LogP contribution in [0.5, 0.6) is 0 Å². The molecule has 4 N–H and O–H groups in total. The molecular weight excluding hydrogens is 242 g/mol. The van der Waals surface area contributed by atoms with E-state index in [1.807, 2.05) is 0 Å². The molecule has 1 heterocycles. The zero-order chi connectivity index (χ0) is 13.1. The van der Waals surface area contributed by atoms with Crippen LogP contribution in [0.4, 0.5) is 8.78 Å². The topological polar surface area (TPSA) is 65.2 Å². The number of carbonyl (C=O) groups is 1. The van der Waals surface area contributed by atoms with Crippen LogP contribution in [0.1, 0.15) is 18.5 Å². The summed E-state index contributed by atoms with van der Waals surface area (Å²) in [5, 5.41) is 2.56. The van der Waals surface area contributed by atoms with Crippen molar-refractivity contribution in [2.24, 2.45) is 0 Å². The molecule has 1 aliphatic heterocycles. The minimum Gasteiger partial charge on any atom is -0.348 e. The smallest absolute Gasteiger partial charge is 0.240 e. The Morgan fingerprint density at radius 1 is 1.44 bits per heavy atom. The van der Waals surface area contributed by atoms with E-state index in [2.05, 4.69) is 21.7 Å². The number of hydrogen-bond donors (Lipinski definition) is 4. The van der Waals surface area contributed by atoms with Crippen molar-refractivity contribution in [2.45, 2.75) is 19.0 Å². The molecule has 5 nitrogen and oxygen atoms in total. The van der Waals surface area contributed by atoms with Crippen molar-refractivity contribution >= 4 is 5.91 Å². The summed E-state index contributed by atoms with van der Waals surface area (Å²) in [4.78, 5) is 11.8. The number of hydrogen-bond acceptors (Lipinski definition) is 4. The first kappa shape index (κ1) is 12.9. The first-order valence-electron chi connectivity index (χ1n) is 5.57. The minimum absolute atomic E-state index is 0.134. The van der Waals surface area contributed by atoms with E-state index >= 15 is 0 Å². The lowest BCUT2D eigenvalue weighted by atomic mass is 10.1. The average molecular weight is 256 g/mol. The molecule has 0 radical (unpaired) electrons. The van der Waals surface area contributed by atoms with Gasteiger partial charge in [0.25, 0.3) is 0 Å². The molecule has 1 aliphatic rings. The van der Waals surface area contributed by atoms with Gasteiger partial charge in [-0.05, 0) is 19.1 Å². The Hall–Kier alpha value is -1.57. The predicted octanol–water partition coefficient (Wildman–Crippen LogP) is 0.123. The Kier molecular flexibility index (Phi) is 3.85. The molecule has 0 aromatic heterocycles. The molecule has 1 saturated heterocycles. The van der Waals surface area contributed by atoms with Gasteiger partial charge in [-0.25, -0.2) is 19.6 Å². The summed E-state index contributed by atoms with van der Waals surface area (Å²) in [5.41, 5.74) is 7.85. The van der Waals surface area contributed by atoms with Crippen LogP contribution < -0.4 is 21.7 Å². The van der Waals surface area contributed by atoms with Crippen molar-refractivity contribution in [3.05, 3.63) is 35.4 Å². The third kappa shape index (κ3) is 2.63. The van der Waals surface area contributed by atoms with Crippen LogP contribution >= 0.6 is 0 Å². The second-order valence-electron chi connectivity index (χ2n) is 4.07. The quantitative estimate of drug-likeness (QED) is 0.620. The Labute approximate surface area is 103 Å². The summed E-state index contributed by atoms with van der Waals surface area (Å²) in [5.74, 6) is -1.67. The zero-order valence-corrected chi connectivity index (χ0v) is 9.76. The van der Waals surface area contributed by atoms with E-state index in [-0.39, 0.29) is 11.5 Å². The molecule has 2 unspecified atom stereocenters. The fourth-order valence-corrected chi connectivity index (χ4v) is 1.81. The number of rotatable bonds is 3. The average Bonchev–Trinajstić information content (AvgIpc) is 2.81. The van der Waals surface area contributed by atoms with Crippen molar-refractivity contribution in [1.82, 2.24) is 21.7 Å². The number of benzene rings is 1. The van der Waals surface area contributed by atoms with Gasteiger partial charge >= 0.3 is 0 Å². The van der Waals surface area contributed by atoms with E-state index in [0.29, 0.717) is 6.54 Å². The standard InChI is InChI=1S/C11H14F2N4O/c1-6(10-7(12)3-2-4-8(10)13)15-11(18)9-5-14-17-16-9/h2-4,6,9,14,16-17H,5H2,1H3,(H,15,18). The van der Waals surface area contributed by atoms with E-state index in [0.717, 1.165) is 12.1 Å². The van der Waals surface area contributed by atoms with Crippen LogP contribution in [-0.4, -0.2) is 18.5 Å². The lowest BCUT2D eigenvalue weighted by Crippen LogP contribution is -2.45. The van der Waals surface area contributed by atoms with E-state index in [1.54, 1.807) is 0 Å². The van der Waals surface area contributed by atoms with Gasteiger partial charge in [0.2, 0.25) is 5.91 Å². The van der Waals surface area contributed by atoms with Crippen LogP contribution in [0, 0.1) is 11.6 Å². The lowest BCUT2D eigenvalue weighted by molar-refractivity contribution is -0.123. The summed E-state index contributed by atoms with van der Waals surface area (Å²) in [6.45, 7) is 1.94. The lowest BCUT2D eigenvalue weighted by Gasteiger charge is -2.17. The number of hydrazine groups is 2. The Bertz CT molecular complexity index is 428. The molecule has 2 rings (SSSR count). The normalized spacial score (nSPS) is 20.7. The summed E-state index contributed by atoms with van der Waals surface area (Å²) in [7, 11) is 0. The highest BCUT2D eigenvalue weighted by atomic mass is 19.1. The SMILES string of the molecule is CC(NC(=O)C1CNNN1)c1c(F)cccc1F. The molecular formula is C11H14F2N4O. The Morgan fingerprint density at radius 3 is 2.67 bits per heavy atom. The second-order valence-corrected chi connectivity index (χ2v) is 4.07. The zero-order valence-electron chi connectivity index (χ0n) is 9.76. The van der Waals surface area contributed by atoms with Crippen LogP contribution in [0.15, 0.2) is 18.2 Å². The molecule has 7 heteroatoms. The molecule has 0 aliphatic carbocycles. The fourth-order valence-electron chi connectivity index (χ4n) is 1.81. The molecule has 0 spiro atoms. The van der Waals surface area contributed by atoms with Crippen molar-refractivity contribution in [3.8, 4) is 0 Å². The summed E-state index contributed by atoms with van der Waals surface area (Å²) < 4.78 is 27.0. The maximum Gasteiger partial charge on any atom is 0.240 e. The predicted molar refractivity (Wildman–Crippen MR) is 61.0 cm³/mol. The third-order valence-corrected chi connectivity index (χ3v) is 2.75. The van der Waals surface area contributed by atoms with Crippen LogP contribution in [-0.2, 0) is 4.79 Å². The molecule has 1 aromatic rings. The highest BCUT2D eigenvalue weighted by Crippen LogP contribution is 2.20. The fraction of sp³-hybridized carbons (Fsp3) is 0.364. The molecule has 1 aromatic carbocycles. The molecule has 0 bridgehead atoms. The largest absolute Gasteiger partial charge is 0.348 e. The van der Waals surface area contributed by atoms with Gasteiger partial charge < -0.3 is 5.32 Å². The number of halogens is 2. The van der Waals surface area contributed by atoms with Gasteiger partial charge in [0.05, 0.1) is 6.04 Å². The van der Waals surface area contributed by atoms with Gasteiger partial charge in [0, 0.05) is 12.1 Å². The Morgan fingerprint density at radius 2 is 2.11 bits per heavy atom. The maximum atomic E-state index is 13.5. The van der Waals surface area contributed by atoms with Crippen LogP contribution in [0.25, 0.3) is 0 Å². The third-order valence-electron chi connectivity index (χ3n) is 2.75. The second kappa shape index (κ2) is 5.38. The van der Waals surface area contributed by atoms with Crippen LogP contribution in [0.3, 0.4) is 0 Å². The molecule has 2 atom stereocenters. The summed E-state index contributed by atoms with van der Waals surface area (Å²) >= 11 is 0. The molecule has 0 saturated carbocycles. The Balaban J connectivity index is 2.07. The number of carbonyl (C=O) groups excluding carboxylic acids is 1. The number of nitrogens with one attached hydrogen (secondary N) is 4. The monoisotopic (exact) mass is 256 g/mol. The van der Waals surface area contributed by atoms with Gasteiger partial charge in [-0.2, -0.15) is 5.53 Å². The minimum atomic E-state index is -0.735. The van der Waals surface area contributed by atoms with Crippen molar-refractivity contribution in [1.29, 1.82) is 0 Å². The summed E-state index contributed by atoms with van der Waals surface area (Å²) in [6, 6.07) is 2.41. The first-order valence-corrected chi connectivity index (χ1v) is 5.57. The van der Waals surface area contributed by atoms with Crippen molar-refractivity contribution in [3.63, 3.8) is 0 Å². The van der Waals surface area contributed by atoms with Crippen molar-refractivity contribution in [2.75, 3.05) is 6.54 Å². The van der Waals surface area contributed by atoms with E-state index in [1.165, 1.54) is 13.0 Å². The van der Waals surface area contributed by atoms with Gasteiger partial charge in [0.15, 0.2) is 0 Å². The van der Waals surface area contributed by atoms with E-state index < -0.39 is 23.7 Å². The summed E-state index contributed by atoms with van der Waals surface area (Å²) in [6.07, 6.45) is 0. The maximum absolute atomic E-state index is 13.5. The van der Waals surface area contributed by atoms with Gasteiger partial charge in [-0.15, -0.1) is 0 Å². The number of amides is 1. The highest BCUT2D eigenvalue weighted by Gasteiger charge is 2.25. The highest BCUT2D eigenvalue weighted by molar-refractivity contribution is 5.82. The first-order chi connectivity index (χ1) is 8.59. The molecule has 1 amide bonds. The van der Waals surface area contributed by atoms with Crippen molar-refractivity contribution < 1.29 is 13.6 Å². The molecule has 1 fully saturated rings. The van der Waals surface area contributed by atoms with E-state index in [4.69, 9.17) is 0 Å². The van der Waals surface area contributed by atoms with Gasteiger partial charge in [0.1, 0.15) is 17.7 Å².